The van der Waals surface area contributed by atoms with E-state index in [4.69, 9.17) is 9.26 Å². The fourth-order valence-electron chi connectivity index (χ4n) is 3.78. The predicted octanol–water partition coefficient (Wildman–Crippen LogP) is 5.06. The number of carbonyl (C=O) groups is 1. The Hall–Kier alpha value is -3.91. The molecule has 0 saturated carbocycles. The summed E-state index contributed by atoms with van der Waals surface area (Å²) in [5, 5.41) is 10.1. The Morgan fingerprint density at radius 2 is 2.00 bits per heavy atom. The number of benzene rings is 2. The van der Waals surface area contributed by atoms with Crippen molar-refractivity contribution in [1.29, 1.82) is 0 Å². The quantitative estimate of drug-likeness (QED) is 0.339. The standard InChI is InChI=1S/C25H22N4O3S/c1-16-28-24(29-32-16)15-31-18-10-8-17(9-11-18)25(30)27-14-21(23-7-4-12-33-23)20-13-26-22-6-3-2-5-19(20)22/h2-13,21,26H,14-15H2,1H3,(H,27,30). The van der Waals surface area contributed by atoms with E-state index in [-0.39, 0.29) is 18.4 Å². The van der Waals surface area contributed by atoms with Crippen molar-refractivity contribution in [2.24, 2.45) is 0 Å². The molecule has 5 aromatic rings. The van der Waals surface area contributed by atoms with Crippen molar-refractivity contribution in [3.8, 4) is 5.75 Å². The molecule has 0 aliphatic rings. The summed E-state index contributed by atoms with van der Waals surface area (Å²) in [4.78, 5) is 21.5. The molecule has 0 bridgehead atoms. The molecule has 0 fully saturated rings. The third-order valence-electron chi connectivity index (χ3n) is 5.40. The van der Waals surface area contributed by atoms with E-state index in [0.29, 0.717) is 29.6 Å². The minimum absolute atomic E-state index is 0.0612. The number of para-hydroxylation sites is 1. The van der Waals surface area contributed by atoms with Crippen molar-refractivity contribution < 1.29 is 14.1 Å². The van der Waals surface area contributed by atoms with Crippen molar-refractivity contribution >= 4 is 28.1 Å². The molecule has 1 amide bonds. The van der Waals surface area contributed by atoms with Crippen LogP contribution in [0.4, 0.5) is 0 Å². The van der Waals surface area contributed by atoms with Crippen LogP contribution < -0.4 is 10.1 Å². The summed E-state index contributed by atoms with van der Waals surface area (Å²) >= 11 is 1.69. The molecule has 0 aliphatic carbocycles. The summed E-state index contributed by atoms with van der Waals surface area (Å²) in [5.41, 5.74) is 2.84. The number of amides is 1. The SMILES string of the molecule is Cc1nc(COc2ccc(C(=O)NCC(c3cccs3)c3c[nH]c4ccccc34)cc2)no1. The molecular weight excluding hydrogens is 436 g/mol. The Morgan fingerprint density at radius 3 is 2.76 bits per heavy atom. The lowest BCUT2D eigenvalue weighted by Gasteiger charge is -2.16. The van der Waals surface area contributed by atoms with Crippen LogP contribution in [0, 0.1) is 6.92 Å². The van der Waals surface area contributed by atoms with Crippen molar-refractivity contribution in [2.75, 3.05) is 6.54 Å². The van der Waals surface area contributed by atoms with E-state index in [9.17, 15) is 4.79 Å². The third-order valence-corrected chi connectivity index (χ3v) is 6.39. The third kappa shape index (κ3) is 4.65. The van der Waals surface area contributed by atoms with E-state index < -0.39 is 0 Å². The summed E-state index contributed by atoms with van der Waals surface area (Å²) in [6.07, 6.45) is 2.04. The maximum Gasteiger partial charge on any atom is 0.251 e. The number of aromatic amines is 1. The van der Waals surface area contributed by atoms with Crippen LogP contribution in [0.5, 0.6) is 5.75 Å². The largest absolute Gasteiger partial charge is 0.485 e. The maximum atomic E-state index is 12.9. The molecule has 3 aromatic heterocycles. The number of ether oxygens (including phenoxy) is 1. The number of H-pyrrole nitrogens is 1. The molecule has 0 spiro atoms. The lowest BCUT2D eigenvalue weighted by atomic mass is 9.96. The van der Waals surface area contributed by atoms with Crippen LogP contribution >= 0.6 is 11.3 Å². The zero-order valence-corrected chi connectivity index (χ0v) is 18.8. The summed E-state index contributed by atoms with van der Waals surface area (Å²) < 4.78 is 10.6. The minimum Gasteiger partial charge on any atom is -0.485 e. The van der Waals surface area contributed by atoms with Gasteiger partial charge in [0.15, 0.2) is 6.61 Å². The van der Waals surface area contributed by atoms with E-state index in [1.54, 1.807) is 42.5 Å². The van der Waals surface area contributed by atoms with Crippen molar-refractivity contribution in [2.45, 2.75) is 19.4 Å². The van der Waals surface area contributed by atoms with Gasteiger partial charge in [0, 0.05) is 46.9 Å². The van der Waals surface area contributed by atoms with E-state index in [1.807, 2.05) is 24.4 Å². The smallest absolute Gasteiger partial charge is 0.251 e. The monoisotopic (exact) mass is 458 g/mol. The first-order valence-corrected chi connectivity index (χ1v) is 11.4. The first-order valence-electron chi connectivity index (χ1n) is 10.6. The van der Waals surface area contributed by atoms with Gasteiger partial charge in [-0.1, -0.05) is 29.4 Å². The summed E-state index contributed by atoms with van der Waals surface area (Å²) in [6, 6.07) is 19.4. The second kappa shape index (κ2) is 9.30. The van der Waals surface area contributed by atoms with Gasteiger partial charge in [-0.2, -0.15) is 4.98 Å². The lowest BCUT2D eigenvalue weighted by molar-refractivity contribution is 0.0952. The van der Waals surface area contributed by atoms with Gasteiger partial charge < -0.3 is 19.6 Å². The van der Waals surface area contributed by atoms with Gasteiger partial charge in [-0.05, 0) is 47.3 Å². The number of thiophene rings is 1. The molecule has 33 heavy (non-hydrogen) atoms. The molecule has 0 radical (unpaired) electrons. The molecular formula is C25H22N4O3S. The van der Waals surface area contributed by atoms with Crippen LogP contribution in [-0.4, -0.2) is 27.6 Å². The Kier molecular flexibility index (Phi) is 5.91. The van der Waals surface area contributed by atoms with Gasteiger partial charge in [0.1, 0.15) is 5.75 Å². The fourth-order valence-corrected chi connectivity index (χ4v) is 4.63. The fraction of sp³-hybridized carbons (Fsp3) is 0.160. The van der Waals surface area contributed by atoms with Gasteiger partial charge in [0.25, 0.3) is 5.91 Å². The Balaban J connectivity index is 1.26. The van der Waals surface area contributed by atoms with E-state index in [1.165, 1.54) is 15.8 Å². The van der Waals surface area contributed by atoms with E-state index in [0.717, 1.165) is 5.52 Å². The first kappa shape index (κ1) is 21.0. The molecule has 0 aliphatic heterocycles. The molecule has 1 unspecified atom stereocenters. The highest BCUT2D eigenvalue weighted by Gasteiger charge is 2.20. The van der Waals surface area contributed by atoms with Crippen LogP contribution in [-0.2, 0) is 6.61 Å². The first-order chi connectivity index (χ1) is 16.2. The summed E-state index contributed by atoms with van der Waals surface area (Å²) in [5.74, 6) is 1.53. The number of fused-ring (bicyclic) bond motifs is 1. The summed E-state index contributed by atoms with van der Waals surface area (Å²) in [7, 11) is 0. The number of aryl methyl sites for hydroxylation is 1. The van der Waals surface area contributed by atoms with E-state index >= 15 is 0 Å². The van der Waals surface area contributed by atoms with Crippen LogP contribution in [0.3, 0.4) is 0 Å². The number of hydrogen-bond acceptors (Lipinski definition) is 6. The molecule has 2 N–H and O–H groups in total. The highest BCUT2D eigenvalue weighted by molar-refractivity contribution is 7.10. The highest BCUT2D eigenvalue weighted by Crippen LogP contribution is 2.32. The molecule has 8 heteroatoms. The van der Waals surface area contributed by atoms with Crippen LogP contribution in [0.2, 0.25) is 0 Å². The van der Waals surface area contributed by atoms with Gasteiger partial charge in [0.05, 0.1) is 0 Å². The normalized spacial score (nSPS) is 12.0. The number of rotatable bonds is 8. The zero-order chi connectivity index (χ0) is 22.6. The molecule has 166 valence electrons. The number of hydrogen-bond donors (Lipinski definition) is 2. The number of aromatic nitrogens is 3. The molecule has 2 aromatic carbocycles. The van der Waals surface area contributed by atoms with Crippen LogP contribution in [0.25, 0.3) is 10.9 Å². The maximum absolute atomic E-state index is 12.9. The molecule has 1 atom stereocenters. The van der Waals surface area contributed by atoms with Gasteiger partial charge >= 0.3 is 0 Å². The summed E-state index contributed by atoms with van der Waals surface area (Å²) in [6.45, 7) is 2.43. The second-order valence-electron chi connectivity index (χ2n) is 7.61. The number of carbonyl (C=O) groups excluding carboxylic acids is 1. The Labute approximate surface area is 194 Å². The van der Waals surface area contributed by atoms with Crippen LogP contribution in [0.1, 0.15) is 38.4 Å². The molecule has 3 heterocycles. The van der Waals surface area contributed by atoms with Crippen molar-refractivity contribution in [3.63, 3.8) is 0 Å². The van der Waals surface area contributed by atoms with Gasteiger partial charge in [-0.15, -0.1) is 11.3 Å². The number of nitrogens with zero attached hydrogens (tertiary/aromatic N) is 2. The topological polar surface area (TPSA) is 93.0 Å². The average Bonchev–Trinajstić information content (AvgIpc) is 3.60. The predicted molar refractivity (Wildman–Crippen MR) is 127 cm³/mol. The lowest BCUT2D eigenvalue weighted by Crippen LogP contribution is -2.28. The highest BCUT2D eigenvalue weighted by atomic mass is 32.1. The van der Waals surface area contributed by atoms with Gasteiger partial charge in [-0.3, -0.25) is 4.79 Å². The van der Waals surface area contributed by atoms with Crippen molar-refractivity contribution in [3.05, 3.63) is 100.0 Å². The van der Waals surface area contributed by atoms with Gasteiger partial charge in [-0.25, -0.2) is 0 Å². The molecule has 5 rings (SSSR count). The van der Waals surface area contributed by atoms with Crippen LogP contribution in [0.15, 0.2) is 76.8 Å². The Morgan fingerprint density at radius 1 is 1.15 bits per heavy atom. The molecule has 0 saturated heterocycles. The zero-order valence-electron chi connectivity index (χ0n) is 17.9. The molecule has 7 nitrogen and oxygen atoms in total. The van der Waals surface area contributed by atoms with E-state index in [2.05, 4.69) is 44.0 Å². The number of nitrogens with one attached hydrogen (secondary N) is 2. The van der Waals surface area contributed by atoms with Gasteiger partial charge in [0.2, 0.25) is 11.7 Å². The Bertz CT molecular complexity index is 1360. The average molecular weight is 459 g/mol. The van der Waals surface area contributed by atoms with Crippen molar-refractivity contribution in [1.82, 2.24) is 20.4 Å². The minimum atomic E-state index is -0.128. The second-order valence-corrected chi connectivity index (χ2v) is 8.59.